The molecule has 0 aliphatic rings. The molecule has 1 amide bonds. The Morgan fingerprint density at radius 3 is 2.41 bits per heavy atom. The SMILES string of the molecule is CC(C)(C)C(=O)NC(=S)Nc1ccccc1O. The first kappa shape index (κ1) is 13.4. The normalized spacial score (nSPS) is 10.8. The fourth-order valence-corrected chi connectivity index (χ4v) is 1.23. The minimum atomic E-state index is -0.509. The van der Waals surface area contributed by atoms with Gasteiger partial charge in [-0.15, -0.1) is 0 Å². The van der Waals surface area contributed by atoms with Gasteiger partial charge in [-0.2, -0.15) is 0 Å². The number of thiocarbonyl (C=S) groups is 1. The maximum Gasteiger partial charge on any atom is 0.231 e. The maximum atomic E-state index is 11.6. The van der Waals surface area contributed by atoms with Gasteiger partial charge >= 0.3 is 0 Å². The van der Waals surface area contributed by atoms with Crippen molar-refractivity contribution >= 4 is 28.9 Å². The summed E-state index contributed by atoms with van der Waals surface area (Å²) in [5.41, 5.74) is -0.0449. The maximum absolute atomic E-state index is 11.6. The molecule has 4 nitrogen and oxygen atoms in total. The van der Waals surface area contributed by atoms with Crippen LogP contribution in [0, 0.1) is 5.41 Å². The fraction of sp³-hybridized carbons (Fsp3) is 0.333. The van der Waals surface area contributed by atoms with E-state index in [0.717, 1.165) is 0 Å². The Morgan fingerprint density at radius 1 is 1.29 bits per heavy atom. The van der Waals surface area contributed by atoms with Gasteiger partial charge in [0.15, 0.2) is 5.11 Å². The molecule has 1 rings (SSSR count). The molecule has 0 aromatic heterocycles. The number of carbonyl (C=O) groups excluding carboxylic acids is 1. The fourth-order valence-electron chi connectivity index (χ4n) is 1.02. The van der Waals surface area contributed by atoms with Crippen molar-refractivity contribution in [2.24, 2.45) is 5.41 Å². The summed E-state index contributed by atoms with van der Waals surface area (Å²) in [6, 6.07) is 6.68. The number of hydrogen-bond acceptors (Lipinski definition) is 3. The average molecular weight is 252 g/mol. The second kappa shape index (κ2) is 5.14. The molecule has 0 aliphatic heterocycles. The van der Waals surface area contributed by atoms with Crippen molar-refractivity contribution in [1.29, 1.82) is 0 Å². The first-order valence-corrected chi connectivity index (χ1v) is 5.62. The van der Waals surface area contributed by atoms with Crippen LogP contribution in [0.2, 0.25) is 0 Å². The van der Waals surface area contributed by atoms with E-state index in [1.807, 2.05) is 0 Å². The van der Waals surface area contributed by atoms with Gasteiger partial charge in [0.05, 0.1) is 5.69 Å². The predicted molar refractivity (Wildman–Crippen MR) is 71.9 cm³/mol. The first-order valence-electron chi connectivity index (χ1n) is 5.21. The van der Waals surface area contributed by atoms with Gasteiger partial charge in [0.25, 0.3) is 0 Å². The van der Waals surface area contributed by atoms with E-state index in [-0.39, 0.29) is 16.8 Å². The van der Waals surface area contributed by atoms with Crippen LogP contribution in [0.5, 0.6) is 5.75 Å². The third kappa shape index (κ3) is 4.03. The molecule has 1 aromatic carbocycles. The molecule has 1 aromatic rings. The largest absolute Gasteiger partial charge is 0.506 e. The van der Waals surface area contributed by atoms with Crippen LogP contribution in [0.4, 0.5) is 5.69 Å². The Bertz CT molecular complexity index is 438. The molecule has 0 aliphatic carbocycles. The van der Waals surface area contributed by atoms with Gasteiger partial charge in [0, 0.05) is 5.41 Å². The zero-order chi connectivity index (χ0) is 13.1. The summed E-state index contributed by atoms with van der Waals surface area (Å²) in [5.74, 6) is -0.0923. The molecule has 92 valence electrons. The number of phenolic OH excluding ortho intramolecular Hbond substituents is 1. The van der Waals surface area contributed by atoms with Crippen LogP contribution in [0.25, 0.3) is 0 Å². The van der Waals surface area contributed by atoms with Crippen LogP contribution in [-0.4, -0.2) is 16.1 Å². The molecule has 0 heterocycles. The van der Waals surface area contributed by atoms with Gasteiger partial charge in [-0.3, -0.25) is 4.79 Å². The topological polar surface area (TPSA) is 61.4 Å². The van der Waals surface area contributed by atoms with Crippen LogP contribution in [0.15, 0.2) is 24.3 Å². The van der Waals surface area contributed by atoms with Crippen LogP contribution < -0.4 is 10.6 Å². The Labute approximate surface area is 106 Å². The summed E-state index contributed by atoms with van der Waals surface area (Å²) in [4.78, 5) is 11.6. The second-order valence-corrected chi connectivity index (χ2v) is 5.08. The van der Waals surface area contributed by atoms with Crippen LogP contribution in [0.3, 0.4) is 0 Å². The van der Waals surface area contributed by atoms with Crippen LogP contribution in [-0.2, 0) is 4.79 Å². The number of aromatic hydroxyl groups is 1. The van der Waals surface area contributed by atoms with Crippen molar-refractivity contribution < 1.29 is 9.90 Å². The molecule has 0 radical (unpaired) electrons. The lowest BCUT2D eigenvalue weighted by Crippen LogP contribution is -2.41. The van der Waals surface area contributed by atoms with Crippen molar-refractivity contribution in [3.8, 4) is 5.75 Å². The van der Waals surface area contributed by atoms with E-state index in [0.29, 0.717) is 5.69 Å². The molecule has 5 heteroatoms. The number of hydrogen-bond donors (Lipinski definition) is 3. The minimum Gasteiger partial charge on any atom is -0.506 e. The highest BCUT2D eigenvalue weighted by atomic mass is 32.1. The lowest BCUT2D eigenvalue weighted by Gasteiger charge is -2.18. The molecule has 0 spiro atoms. The molecule has 0 saturated heterocycles. The van der Waals surface area contributed by atoms with Crippen LogP contribution >= 0.6 is 12.2 Å². The van der Waals surface area contributed by atoms with Gasteiger partial charge < -0.3 is 15.7 Å². The lowest BCUT2D eigenvalue weighted by atomic mass is 9.96. The van der Waals surface area contributed by atoms with E-state index >= 15 is 0 Å². The number of anilines is 1. The second-order valence-electron chi connectivity index (χ2n) is 4.68. The van der Waals surface area contributed by atoms with E-state index in [1.54, 1.807) is 39.0 Å². The monoisotopic (exact) mass is 252 g/mol. The number of amides is 1. The number of carbonyl (C=O) groups is 1. The van der Waals surface area contributed by atoms with E-state index in [2.05, 4.69) is 10.6 Å². The number of benzene rings is 1. The number of para-hydroxylation sites is 2. The summed E-state index contributed by atoms with van der Waals surface area (Å²) >= 11 is 4.99. The molecular formula is C12H16N2O2S. The molecule has 0 unspecified atom stereocenters. The highest BCUT2D eigenvalue weighted by molar-refractivity contribution is 7.80. The smallest absolute Gasteiger partial charge is 0.231 e. The molecule has 0 fully saturated rings. The van der Waals surface area contributed by atoms with Gasteiger partial charge in [-0.05, 0) is 24.4 Å². The lowest BCUT2D eigenvalue weighted by molar-refractivity contribution is -0.126. The molecular weight excluding hydrogens is 236 g/mol. The van der Waals surface area contributed by atoms with E-state index in [1.165, 1.54) is 6.07 Å². The summed E-state index contributed by atoms with van der Waals surface area (Å²) in [6.07, 6.45) is 0. The quantitative estimate of drug-likeness (QED) is 0.530. The molecule has 17 heavy (non-hydrogen) atoms. The first-order chi connectivity index (χ1) is 7.80. The van der Waals surface area contributed by atoms with Crippen molar-refractivity contribution in [3.05, 3.63) is 24.3 Å². The van der Waals surface area contributed by atoms with Crippen molar-refractivity contribution in [1.82, 2.24) is 5.32 Å². The van der Waals surface area contributed by atoms with E-state index in [4.69, 9.17) is 12.2 Å². The van der Waals surface area contributed by atoms with Gasteiger partial charge in [0.2, 0.25) is 5.91 Å². The Hall–Kier alpha value is -1.62. The predicted octanol–water partition coefficient (Wildman–Crippen LogP) is 2.25. The molecule has 0 saturated carbocycles. The molecule has 3 N–H and O–H groups in total. The zero-order valence-corrected chi connectivity index (χ0v) is 10.9. The zero-order valence-electron chi connectivity index (χ0n) is 10.1. The third-order valence-corrected chi connectivity index (χ3v) is 2.26. The summed E-state index contributed by atoms with van der Waals surface area (Å²) in [6.45, 7) is 5.39. The Morgan fingerprint density at radius 2 is 1.88 bits per heavy atom. The van der Waals surface area contributed by atoms with Gasteiger partial charge in [0.1, 0.15) is 5.75 Å². The van der Waals surface area contributed by atoms with Gasteiger partial charge in [-0.1, -0.05) is 32.9 Å². The minimum absolute atomic E-state index is 0.0832. The molecule has 0 bridgehead atoms. The third-order valence-electron chi connectivity index (χ3n) is 2.06. The average Bonchev–Trinajstić information content (AvgIpc) is 2.20. The molecule has 0 atom stereocenters. The highest BCUT2D eigenvalue weighted by Crippen LogP contribution is 2.21. The highest BCUT2D eigenvalue weighted by Gasteiger charge is 2.22. The summed E-state index contributed by atoms with van der Waals surface area (Å²) in [5, 5.41) is 15.0. The van der Waals surface area contributed by atoms with Crippen molar-refractivity contribution in [2.75, 3.05) is 5.32 Å². The van der Waals surface area contributed by atoms with Crippen LogP contribution in [0.1, 0.15) is 20.8 Å². The standard InChI is InChI=1S/C12H16N2O2S/c1-12(2,3)10(16)14-11(17)13-8-6-4-5-7-9(8)15/h4-7,15H,1-3H3,(H2,13,14,16,17). The van der Waals surface area contributed by atoms with Gasteiger partial charge in [-0.25, -0.2) is 0 Å². The Kier molecular flexibility index (Phi) is 4.07. The summed E-state index contributed by atoms with van der Waals surface area (Å²) < 4.78 is 0. The van der Waals surface area contributed by atoms with E-state index in [9.17, 15) is 9.90 Å². The Balaban J connectivity index is 2.63. The number of rotatable bonds is 1. The number of nitrogens with one attached hydrogen (secondary N) is 2. The van der Waals surface area contributed by atoms with E-state index < -0.39 is 5.41 Å². The number of phenols is 1. The van der Waals surface area contributed by atoms with Crippen molar-refractivity contribution in [3.63, 3.8) is 0 Å². The van der Waals surface area contributed by atoms with Crippen molar-refractivity contribution in [2.45, 2.75) is 20.8 Å². The summed E-state index contributed by atoms with van der Waals surface area (Å²) in [7, 11) is 0.